The zero-order chi connectivity index (χ0) is 19.5. The lowest BCUT2D eigenvalue weighted by Crippen LogP contribution is -2.35. The molecule has 0 aliphatic carbocycles. The molecule has 1 aliphatic heterocycles. The Bertz CT molecular complexity index is 990. The summed E-state index contributed by atoms with van der Waals surface area (Å²) in [5, 5.41) is 11.7. The first-order chi connectivity index (χ1) is 13.7. The summed E-state index contributed by atoms with van der Waals surface area (Å²) in [6.07, 6.45) is 5.67. The number of aryl methyl sites for hydroxylation is 1. The number of nitrogens with one attached hydrogen (secondary N) is 1. The molecule has 7 nitrogen and oxygen atoms in total. The molecule has 2 aromatic heterocycles. The standard InChI is InChI=1S/C20H20FN5O2/c1-28-17-12-14(21)2-4-16(17)20(27)23-15-3-5-18-24-25-19(26(18)11-8-15)13-6-9-22-10-7-13/h2,4,6-7,9-10,12,15H,3,5,8,11H2,1H3,(H,23,27). The van der Waals surface area contributed by atoms with E-state index in [0.29, 0.717) is 18.5 Å². The number of aromatic nitrogens is 4. The highest BCUT2D eigenvalue weighted by molar-refractivity contribution is 5.97. The Morgan fingerprint density at radius 2 is 2.04 bits per heavy atom. The molecule has 0 spiro atoms. The summed E-state index contributed by atoms with van der Waals surface area (Å²) in [5.74, 6) is 1.23. The fourth-order valence-corrected chi connectivity index (χ4v) is 3.46. The predicted molar refractivity (Wildman–Crippen MR) is 100 cm³/mol. The van der Waals surface area contributed by atoms with Crippen LogP contribution in [0.1, 0.15) is 29.0 Å². The fourth-order valence-electron chi connectivity index (χ4n) is 3.46. The van der Waals surface area contributed by atoms with Gasteiger partial charge in [0.1, 0.15) is 17.4 Å². The third-order valence-corrected chi connectivity index (χ3v) is 4.93. The molecule has 0 bridgehead atoms. The molecule has 0 radical (unpaired) electrons. The molecule has 1 aromatic carbocycles. The number of benzene rings is 1. The number of methoxy groups -OCH3 is 1. The average Bonchev–Trinajstić information content (AvgIpc) is 3.03. The van der Waals surface area contributed by atoms with Crippen LogP contribution < -0.4 is 10.1 Å². The van der Waals surface area contributed by atoms with Gasteiger partial charge in [-0.2, -0.15) is 0 Å². The monoisotopic (exact) mass is 381 g/mol. The highest BCUT2D eigenvalue weighted by atomic mass is 19.1. The summed E-state index contributed by atoms with van der Waals surface area (Å²) in [7, 11) is 1.42. The number of hydrogen-bond donors (Lipinski definition) is 1. The van der Waals surface area contributed by atoms with Crippen molar-refractivity contribution in [3.05, 3.63) is 59.9 Å². The summed E-state index contributed by atoms with van der Waals surface area (Å²) in [6.45, 7) is 0.700. The van der Waals surface area contributed by atoms with Crippen LogP contribution in [0.3, 0.4) is 0 Å². The summed E-state index contributed by atoms with van der Waals surface area (Å²) >= 11 is 0. The second-order valence-corrected chi connectivity index (χ2v) is 6.67. The average molecular weight is 381 g/mol. The van der Waals surface area contributed by atoms with Crippen LogP contribution in [0.4, 0.5) is 4.39 Å². The van der Waals surface area contributed by atoms with E-state index in [4.69, 9.17) is 4.74 Å². The normalized spacial score (nSPS) is 16.1. The SMILES string of the molecule is COc1cc(F)ccc1C(=O)NC1CCc2nnc(-c3ccncc3)n2CC1. The van der Waals surface area contributed by atoms with Crippen LogP contribution in [0, 0.1) is 5.82 Å². The number of ether oxygens (including phenoxy) is 1. The largest absolute Gasteiger partial charge is 0.496 e. The van der Waals surface area contributed by atoms with Crippen molar-refractivity contribution in [1.29, 1.82) is 0 Å². The Hall–Kier alpha value is -3.29. The summed E-state index contributed by atoms with van der Waals surface area (Å²) in [4.78, 5) is 16.7. The van der Waals surface area contributed by atoms with Crippen LogP contribution in [0.2, 0.25) is 0 Å². The van der Waals surface area contributed by atoms with Crippen LogP contribution in [-0.4, -0.2) is 38.8 Å². The van der Waals surface area contributed by atoms with Gasteiger partial charge in [-0.15, -0.1) is 10.2 Å². The molecule has 0 saturated carbocycles. The van der Waals surface area contributed by atoms with E-state index in [-0.39, 0.29) is 17.7 Å². The Labute approximate surface area is 161 Å². The van der Waals surface area contributed by atoms with E-state index in [0.717, 1.165) is 30.1 Å². The van der Waals surface area contributed by atoms with Crippen LogP contribution in [-0.2, 0) is 13.0 Å². The van der Waals surface area contributed by atoms with Crippen LogP contribution in [0.5, 0.6) is 5.75 Å². The van der Waals surface area contributed by atoms with Crippen LogP contribution >= 0.6 is 0 Å². The summed E-state index contributed by atoms with van der Waals surface area (Å²) in [6, 6.07) is 7.70. The molecular formula is C20H20FN5O2. The van der Waals surface area contributed by atoms with Crippen molar-refractivity contribution in [1.82, 2.24) is 25.1 Å². The van der Waals surface area contributed by atoms with E-state index in [9.17, 15) is 9.18 Å². The molecule has 4 rings (SSSR count). The first-order valence-corrected chi connectivity index (χ1v) is 9.12. The molecular weight excluding hydrogens is 361 g/mol. The molecule has 1 unspecified atom stereocenters. The van der Waals surface area contributed by atoms with Crippen molar-refractivity contribution in [3.8, 4) is 17.1 Å². The lowest BCUT2D eigenvalue weighted by atomic mass is 10.1. The molecule has 1 aliphatic rings. The summed E-state index contributed by atoms with van der Waals surface area (Å²) in [5.41, 5.74) is 1.29. The zero-order valence-corrected chi connectivity index (χ0v) is 15.4. The van der Waals surface area contributed by atoms with Crippen molar-refractivity contribution < 1.29 is 13.9 Å². The van der Waals surface area contributed by atoms with Gasteiger partial charge in [-0.3, -0.25) is 9.78 Å². The minimum Gasteiger partial charge on any atom is -0.496 e. The van der Waals surface area contributed by atoms with Gasteiger partial charge >= 0.3 is 0 Å². The van der Waals surface area contributed by atoms with Crippen molar-refractivity contribution in [2.75, 3.05) is 7.11 Å². The molecule has 3 aromatic rings. The smallest absolute Gasteiger partial charge is 0.255 e. The Morgan fingerprint density at radius 3 is 2.82 bits per heavy atom. The third kappa shape index (κ3) is 3.58. The predicted octanol–water partition coefficient (Wildman–Crippen LogP) is 2.62. The molecule has 0 fully saturated rings. The van der Waals surface area contributed by atoms with E-state index in [1.54, 1.807) is 12.4 Å². The van der Waals surface area contributed by atoms with Crippen molar-refractivity contribution in [2.45, 2.75) is 31.8 Å². The number of carbonyl (C=O) groups excluding carboxylic acids is 1. The second-order valence-electron chi connectivity index (χ2n) is 6.67. The molecule has 8 heteroatoms. The number of carbonyl (C=O) groups is 1. The second kappa shape index (κ2) is 7.75. The minimum absolute atomic E-state index is 0.0192. The van der Waals surface area contributed by atoms with Gasteiger partial charge in [0.25, 0.3) is 5.91 Å². The number of rotatable bonds is 4. The maximum atomic E-state index is 13.4. The van der Waals surface area contributed by atoms with Gasteiger partial charge in [0, 0.05) is 43.0 Å². The van der Waals surface area contributed by atoms with Gasteiger partial charge in [-0.1, -0.05) is 0 Å². The minimum atomic E-state index is -0.440. The lowest BCUT2D eigenvalue weighted by Gasteiger charge is -2.17. The first kappa shape index (κ1) is 18.1. The van der Waals surface area contributed by atoms with E-state index in [2.05, 4.69) is 25.1 Å². The van der Waals surface area contributed by atoms with Gasteiger partial charge in [0.2, 0.25) is 0 Å². The van der Waals surface area contributed by atoms with E-state index >= 15 is 0 Å². The Morgan fingerprint density at radius 1 is 1.21 bits per heavy atom. The van der Waals surface area contributed by atoms with Crippen LogP contribution in [0.15, 0.2) is 42.7 Å². The van der Waals surface area contributed by atoms with Gasteiger partial charge < -0.3 is 14.6 Å². The number of halogens is 1. The number of hydrogen-bond acceptors (Lipinski definition) is 5. The van der Waals surface area contributed by atoms with Crippen molar-refractivity contribution >= 4 is 5.91 Å². The van der Waals surface area contributed by atoms with E-state index in [1.807, 2.05) is 12.1 Å². The number of fused-ring (bicyclic) bond motifs is 1. The molecule has 3 heterocycles. The number of amides is 1. The number of nitrogens with zero attached hydrogens (tertiary/aromatic N) is 4. The van der Waals surface area contributed by atoms with Gasteiger partial charge in [0.05, 0.1) is 12.7 Å². The number of pyridine rings is 1. The fraction of sp³-hybridized carbons (Fsp3) is 0.300. The Balaban J connectivity index is 1.48. The maximum absolute atomic E-state index is 13.4. The molecule has 1 amide bonds. The van der Waals surface area contributed by atoms with E-state index < -0.39 is 5.82 Å². The van der Waals surface area contributed by atoms with Crippen LogP contribution in [0.25, 0.3) is 11.4 Å². The highest BCUT2D eigenvalue weighted by Crippen LogP contribution is 2.23. The van der Waals surface area contributed by atoms with E-state index in [1.165, 1.54) is 25.3 Å². The quantitative estimate of drug-likeness (QED) is 0.751. The van der Waals surface area contributed by atoms with Crippen molar-refractivity contribution in [3.63, 3.8) is 0 Å². The maximum Gasteiger partial charge on any atom is 0.255 e. The van der Waals surface area contributed by atoms with Gasteiger partial charge in [-0.25, -0.2) is 4.39 Å². The molecule has 144 valence electrons. The van der Waals surface area contributed by atoms with Gasteiger partial charge in [0.15, 0.2) is 5.82 Å². The van der Waals surface area contributed by atoms with Gasteiger partial charge in [-0.05, 0) is 37.1 Å². The molecule has 0 saturated heterocycles. The topological polar surface area (TPSA) is 81.9 Å². The lowest BCUT2D eigenvalue weighted by molar-refractivity contribution is 0.0930. The first-order valence-electron chi connectivity index (χ1n) is 9.12. The molecule has 1 atom stereocenters. The highest BCUT2D eigenvalue weighted by Gasteiger charge is 2.23. The van der Waals surface area contributed by atoms with Crippen molar-refractivity contribution in [2.24, 2.45) is 0 Å². The molecule has 1 N–H and O–H groups in total. The zero-order valence-electron chi connectivity index (χ0n) is 15.4. The molecule has 28 heavy (non-hydrogen) atoms. The third-order valence-electron chi connectivity index (χ3n) is 4.93. The Kier molecular flexibility index (Phi) is 5.01. The summed E-state index contributed by atoms with van der Waals surface area (Å²) < 4.78 is 20.6.